The number of ether oxygens (including phenoxy) is 3. The first-order valence-corrected chi connectivity index (χ1v) is 19.5. The van der Waals surface area contributed by atoms with Crippen molar-refractivity contribution in [1.29, 1.82) is 0 Å². The van der Waals surface area contributed by atoms with Gasteiger partial charge >= 0.3 is 0 Å². The van der Waals surface area contributed by atoms with E-state index in [0.717, 1.165) is 44.1 Å². The highest BCUT2D eigenvalue weighted by Crippen LogP contribution is 2.39. The summed E-state index contributed by atoms with van der Waals surface area (Å²) in [5, 5.41) is 27.6. The Balaban J connectivity index is 1.90. The van der Waals surface area contributed by atoms with Gasteiger partial charge in [0.2, 0.25) is 11.8 Å². The van der Waals surface area contributed by atoms with Gasteiger partial charge in [-0.15, -0.1) is 0 Å². The van der Waals surface area contributed by atoms with Crippen LogP contribution in [-0.2, 0) is 28.6 Å². The average molecular weight is 705 g/mol. The third kappa shape index (κ3) is 14.1. The number of hydrogen-bond donors (Lipinski definition) is 4. The van der Waals surface area contributed by atoms with Crippen LogP contribution < -0.4 is 10.6 Å². The molecule has 3 aliphatic rings. The van der Waals surface area contributed by atoms with E-state index in [-0.39, 0.29) is 66.9 Å². The van der Waals surface area contributed by atoms with Gasteiger partial charge in [-0.05, 0) is 95.1 Å². The number of ketones is 1. The molecule has 3 saturated heterocycles. The molecule has 4 N–H and O–H groups in total. The Kier molecular flexibility index (Phi) is 17.6. The molecular weight excluding hydrogens is 636 g/mol. The molecule has 0 radical (unpaired) electrons. The first-order valence-electron chi connectivity index (χ1n) is 19.5. The van der Waals surface area contributed by atoms with Crippen LogP contribution in [0.3, 0.4) is 0 Å². The predicted octanol–water partition coefficient (Wildman–Crippen LogP) is 5.93. The maximum atomic E-state index is 13.6. The SMILES string of the molecule is C/C=C/C(=O)C[C@@H]1CC[C@]2(O)C[C@H](C)[C@@H](CCCNC(=O)[C@H](C)[C@@H]3CNC(=O)C[C@@H](O1)[C@@H](C)CCCC[C@H](CC[C@@H](C)/C=C(\C)[C@H](C)O)O3)O2. The highest BCUT2D eigenvalue weighted by atomic mass is 16.6. The molecule has 0 spiro atoms. The minimum absolute atomic E-state index is 0.0498. The van der Waals surface area contributed by atoms with Gasteiger partial charge < -0.3 is 35.1 Å². The van der Waals surface area contributed by atoms with E-state index in [0.29, 0.717) is 38.6 Å². The fourth-order valence-corrected chi connectivity index (χ4v) is 7.63. The smallest absolute Gasteiger partial charge is 0.225 e. The van der Waals surface area contributed by atoms with Gasteiger partial charge in [0.1, 0.15) is 0 Å². The van der Waals surface area contributed by atoms with Crippen molar-refractivity contribution in [2.45, 2.75) is 174 Å². The molecule has 4 bridgehead atoms. The Labute approximate surface area is 301 Å². The lowest BCUT2D eigenvalue weighted by Gasteiger charge is -2.31. The first-order chi connectivity index (χ1) is 23.7. The van der Waals surface area contributed by atoms with E-state index in [9.17, 15) is 24.6 Å². The minimum Gasteiger partial charge on any atom is -0.389 e. The Morgan fingerprint density at radius 2 is 1.68 bits per heavy atom. The molecule has 3 rings (SSSR count). The molecule has 0 aromatic rings. The summed E-state index contributed by atoms with van der Waals surface area (Å²) in [5.74, 6) is -1.70. The monoisotopic (exact) mass is 704 g/mol. The van der Waals surface area contributed by atoms with Crippen molar-refractivity contribution in [3.05, 3.63) is 23.8 Å². The van der Waals surface area contributed by atoms with Gasteiger partial charge in [-0.1, -0.05) is 52.7 Å². The lowest BCUT2D eigenvalue weighted by Crippen LogP contribution is -2.46. The van der Waals surface area contributed by atoms with Crippen LogP contribution in [0.2, 0.25) is 0 Å². The number of fused-ring (bicyclic) bond motifs is 7. The number of carbonyl (C=O) groups is 3. The van der Waals surface area contributed by atoms with E-state index in [1.165, 1.54) is 0 Å². The van der Waals surface area contributed by atoms with Crippen molar-refractivity contribution in [1.82, 2.24) is 10.6 Å². The second-order valence-electron chi connectivity index (χ2n) is 15.7. The second-order valence-corrected chi connectivity index (χ2v) is 15.7. The molecule has 0 aromatic carbocycles. The molecule has 10 heteroatoms. The number of aliphatic hydroxyl groups is 2. The number of aliphatic hydroxyl groups excluding tert-OH is 1. The van der Waals surface area contributed by atoms with Gasteiger partial charge in [-0.25, -0.2) is 0 Å². The molecule has 286 valence electrons. The summed E-state index contributed by atoms with van der Waals surface area (Å²) in [6.45, 7) is 14.4. The standard InChI is InChI=1S/C40H68N2O8/c1-8-12-32(44)22-34-18-19-40(47)24-29(5)35(50-40)15-11-20-41-39(46)30(6)37-25-42-38(45)23-36(49-34)27(3)13-9-10-14-33(48-37)17-16-26(2)21-28(4)31(7)43/h8,12,21,26-27,29-31,33-37,43,47H,9-11,13-20,22-25H2,1-7H3,(H,41,46)(H,42,45)/b12-8+,28-21+/t26-,27+,29+,30-,31+,33-,34+,35-,36-,37+,40-/m1/s1. The topological polar surface area (TPSA) is 143 Å². The number of carbonyl (C=O) groups excluding carboxylic acids is 3. The van der Waals surface area contributed by atoms with E-state index in [1.54, 1.807) is 19.1 Å². The van der Waals surface area contributed by atoms with Crippen LogP contribution in [0.1, 0.15) is 132 Å². The molecule has 50 heavy (non-hydrogen) atoms. The maximum absolute atomic E-state index is 13.6. The second kappa shape index (κ2) is 20.8. The van der Waals surface area contributed by atoms with Crippen molar-refractivity contribution in [2.75, 3.05) is 13.1 Å². The van der Waals surface area contributed by atoms with Gasteiger partial charge in [-0.3, -0.25) is 14.4 Å². The molecule has 0 aliphatic carbocycles. The summed E-state index contributed by atoms with van der Waals surface area (Å²) in [4.78, 5) is 39.9. The van der Waals surface area contributed by atoms with Crippen LogP contribution in [0.5, 0.6) is 0 Å². The molecule has 3 fully saturated rings. The van der Waals surface area contributed by atoms with Crippen LogP contribution in [0.25, 0.3) is 0 Å². The van der Waals surface area contributed by atoms with Gasteiger partial charge in [0.15, 0.2) is 11.6 Å². The van der Waals surface area contributed by atoms with Crippen LogP contribution >= 0.6 is 0 Å². The Hall–Kier alpha value is -2.11. The third-order valence-corrected chi connectivity index (χ3v) is 11.1. The Morgan fingerprint density at radius 1 is 0.960 bits per heavy atom. The zero-order valence-electron chi connectivity index (χ0n) is 32.0. The van der Waals surface area contributed by atoms with Gasteiger partial charge in [0.05, 0.1) is 49.0 Å². The molecule has 2 amide bonds. The fourth-order valence-electron chi connectivity index (χ4n) is 7.63. The Morgan fingerprint density at radius 3 is 2.40 bits per heavy atom. The highest BCUT2D eigenvalue weighted by Gasteiger charge is 2.43. The summed E-state index contributed by atoms with van der Waals surface area (Å²) < 4.78 is 19.7. The first kappa shape index (κ1) is 42.3. The van der Waals surface area contributed by atoms with E-state index in [2.05, 4.69) is 37.5 Å². The molecule has 0 unspecified atom stereocenters. The number of amides is 2. The Bertz CT molecular complexity index is 1140. The molecule has 3 aliphatic heterocycles. The zero-order chi connectivity index (χ0) is 36.8. The van der Waals surface area contributed by atoms with Crippen molar-refractivity contribution in [3.63, 3.8) is 0 Å². The normalized spacial score (nSPS) is 36.0. The highest BCUT2D eigenvalue weighted by molar-refractivity contribution is 5.89. The van der Waals surface area contributed by atoms with Crippen molar-refractivity contribution >= 4 is 17.6 Å². The van der Waals surface area contributed by atoms with Crippen LogP contribution in [0.15, 0.2) is 23.8 Å². The number of nitrogens with one attached hydrogen (secondary N) is 2. The molecule has 0 aromatic heterocycles. The summed E-state index contributed by atoms with van der Waals surface area (Å²) in [6.07, 6.45) is 11.4. The lowest BCUT2D eigenvalue weighted by atomic mass is 9.92. The van der Waals surface area contributed by atoms with Gasteiger partial charge in [0, 0.05) is 32.4 Å². The number of rotatable bonds is 8. The zero-order valence-corrected chi connectivity index (χ0v) is 32.0. The van der Waals surface area contributed by atoms with E-state index >= 15 is 0 Å². The minimum atomic E-state index is -1.31. The van der Waals surface area contributed by atoms with Crippen molar-refractivity contribution in [3.8, 4) is 0 Å². The van der Waals surface area contributed by atoms with Gasteiger partial charge in [-0.2, -0.15) is 0 Å². The summed E-state index contributed by atoms with van der Waals surface area (Å²) >= 11 is 0. The maximum Gasteiger partial charge on any atom is 0.225 e. The summed E-state index contributed by atoms with van der Waals surface area (Å²) in [5.41, 5.74) is 0.953. The number of allylic oxidation sites excluding steroid dienone is 3. The number of hydrogen-bond acceptors (Lipinski definition) is 8. The van der Waals surface area contributed by atoms with Crippen molar-refractivity contribution in [2.24, 2.45) is 23.7 Å². The summed E-state index contributed by atoms with van der Waals surface area (Å²) in [7, 11) is 0. The fraction of sp³-hybridized carbons (Fsp3) is 0.825. The van der Waals surface area contributed by atoms with Crippen LogP contribution in [0, 0.1) is 23.7 Å². The van der Waals surface area contributed by atoms with Crippen LogP contribution in [0.4, 0.5) is 0 Å². The van der Waals surface area contributed by atoms with Crippen molar-refractivity contribution < 1.29 is 38.8 Å². The van der Waals surface area contributed by atoms with E-state index < -0.39 is 36.1 Å². The molecule has 11 atom stereocenters. The quantitative estimate of drug-likeness (QED) is 0.180. The molecular formula is C40H68N2O8. The molecule has 0 saturated carbocycles. The van der Waals surface area contributed by atoms with Crippen LogP contribution in [-0.4, -0.2) is 83.3 Å². The largest absolute Gasteiger partial charge is 0.389 e. The third-order valence-electron chi connectivity index (χ3n) is 11.1. The van der Waals surface area contributed by atoms with E-state index in [4.69, 9.17) is 14.2 Å². The summed E-state index contributed by atoms with van der Waals surface area (Å²) in [6, 6.07) is 0. The predicted molar refractivity (Wildman–Crippen MR) is 195 cm³/mol. The lowest BCUT2D eigenvalue weighted by molar-refractivity contribution is -0.202. The molecule has 10 nitrogen and oxygen atoms in total. The molecule has 3 heterocycles. The van der Waals surface area contributed by atoms with E-state index in [1.807, 2.05) is 20.8 Å². The van der Waals surface area contributed by atoms with Gasteiger partial charge in [0.25, 0.3) is 0 Å². The average Bonchev–Trinajstić information content (AvgIpc) is 3.35.